The monoisotopic (exact) mass is 316 g/mol. The summed E-state index contributed by atoms with van der Waals surface area (Å²) in [5.41, 5.74) is 7.65. The van der Waals surface area contributed by atoms with Gasteiger partial charge in [-0.2, -0.15) is 0 Å². The molecular weight excluding hydrogens is 296 g/mol. The number of rotatable bonds is 8. The number of nitrogens with one attached hydrogen (secondary N) is 1. The Hall–Kier alpha value is -0.590. The van der Waals surface area contributed by atoms with Gasteiger partial charge in [-0.3, -0.25) is 4.21 Å². The van der Waals surface area contributed by atoms with E-state index in [1.807, 2.05) is 25.1 Å². The summed E-state index contributed by atoms with van der Waals surface area (Å²) in [4.78, 5) is 1.49. The predicted octanol–water partition coefficient (Wildman–Crippen LogP) is 2.61. The molecule has 3 nitrogen and oxygen atoms in total. The summed E-state index contributed by atoms with van der Waals surface area (Å²) in [6.45, 7) is 4.68. The van der Waals surface area contributed by atoms with E-state index in [2.05, 4.69) is 12.2 Å². The molecular formula is C13H20N2OS3. The Balaban J connectivity index is 2.84. The summed E-state index contributed by atoms with van der Waals surface area (Å²) < 4.78 is 11.4. The highest BCUT2D eigenvalue weighted by atomic mass is 32.2. The Morgan fingerprint density at radius 1 is 1.47 bits per heavy atom. The molecule has 1 aromatic carbocycles. The van der Waals surface area contributed by atoms with Gasteiger partial charge in [0.2, 0.25) is 0 Å². The fourth-order valence-electron chi connectivity index (χ4n) is 1.65. The van der Waals surface area contributed by atoms with E-state index in [-0.39, 0.29) is 0 Å². The van der Waals surface area contributed by atoms with Crippen LogP contribution in [0.5, 0.6) is 0 Å². The molecule has 1 atom stereocenters. The maximum absolute atomic E-state index is 11.4. The Bertz CT molecular complexity index is 463. The molecule has 0 aromatic heterocycles. The summed E-state index contributed by atoms with van der Waals surface area (Å²) in [6, 6.07) is 5.97. The first-order valence-electron chi connectivity index (χ1n) is 6.24. The Morgan fingerprint density at radius 3 is 2.79 bits per heavy atom. The standard InChI is InChI=1S/C13H20N2OS3/c1-3-18-11-7-5-6-10(12(11)13(14)17)15-8-9-19(16)4-2/h5-7,15H,3-4,8-9H2,1-2H3,(H2,14,17). The minimum absolute atomic E-state index is 0.399. The van der Waals surface area contributed by atoms with Crippen LogP contribution in [0.3, 0.4) is 0 Å². The molecule has 0 aliphatic heterocycles. The van der Waals surface area contributed by atoms with Crippen molar-refractivity contribution in [3.8, 4) is 0 Å². The lowest BCUT2D eigenvalue weighted by atomic mass is 10.1. The normalized spacial score (nSPS) is 12.1. The van der Waals surface area contributed by atoms with Gasteiger partial charge in [0.1, 0.15) is 4.99 Å². The van der Waals surface area contributed by atoms with Crippen molar-refractivity contribution in [2.75, 3.05) is 29.1 Å². The summed E-state index contributed by atoms with van der Waals surface area (Å²) >= 11 is 6.86. The third-order valence-electron chi connectivity index (χ3n) is 2.54. The van der Waals surface area contributed by atoms with Gasteiger partial charge in [-0.1, -0.05) is 32.1 Å². The van der Waals surface area contributed by atoms with Crippen LogP contribution < -0.4 is 11.1 Å². The second kappa shape index (κ2) is 8.55. The molecule has 3 N–H and O–H groups in total. The topological polar surface area (TPSA) is 55.1 Å². The van der Waals surface area contributed by atoms with Crippen LogP contribution in [0.15, 0.2) is 23.1 Å². The molecule has 0 amide bonds. The van der Waals surface area contributed by atoms with E-state index >= 15 is 0 Å². The van der Waals surface area contributed by atoms with Gasteiger partial charge in [0, 0.05) is 45.0 Å². The van der Waals surface area contributed by atoms with Gasteiger partial charge < -0.3 is 11.1 Å². The van der Waals surface area contributed by atoms with Crippen molar-refractivity contribution >= 4 is 45.5 Å². The average molecular weight is 317 g/mol. The van der Waals surface area contributed by atoms with E-state index in [0.717, 1.165) is 21.9 Å². The highest BCUT2D eigenvalue weighted by molar-refractivity contribution is 7.99. The number of thioether (sulfide) groups is 1. The molecule has 0 aliphatic rings. The molecule has 0 fully saturated rings. The smallest absolute Gasteiger partial charge is 0.107 e. The van der Waals surface area contributed by atoms with Gasteiger partial charge >= 0.3 is 0 Å². The molecule has 0 heterocycles. The van der Waals surface area contributed by atoms with Crippen molar-refractivity contribution in [2.45, 2.75) is 18.7 Å². The lowest BCUT2D eigenvalue weighted by molar-refractivity contribution is 0.684. The quantitative estimate of drug-likeness (QED) is 0.570. The maximum Gasteiger partial charge on any atom is 0.107 e. The summed E-state index contributed by atoms with van der Waals surface area (Å²) in [5.74, 6) is 2.30. The molecule has 0 aliphatic carbocycles. The van der Waals surface area contributed by atoms with Crippen LogP contribution >= 0.6 is 24.0 Å². The van der Waals surface area contributed by atoms with Gasteiger partial charge in [0.25, 0.3) is 0 Å². The average Bonchev–Trinajstić information content (AvgIpc) is 2.38. The van der Waals surface area contributed by atoms with E-state index in [1.165, 1.54) is 0 Å². The molecule has 0 spiro atoms. The van der Waals surface area contributed by atoms with Crippen molar-refractivity contribution < 1.29 is 4.21 Å². The Kier molecular flexibility index (Phi) is 7.41. The highest BCUT2D eigenvalue weighted by Gasteiger charge is 2.11. The van der Waals surface area contributed by atoms with E-state index in [9.17, 15) is 4.21 Å². The zero-order chi connectivity index (χ0) is 14.3. The fraction of sp³-hybridized carbons (Fsp3) is 0.462. The number of anilines is 1. The van der Waals surface area contributed by atoms with Crippen LogP contribution in [0, 0.1) is 0 Å². The number of hydrogen-bond acceptors (Lipinski definition) is 4. The number of hydrogen-bond donors (Lipinski definition) is 2. The molecule has 0 bridgehead atoms. The predicted molar refractivity (Wildman–Crippen MR) is 90.8 cm³/mol. The highest BCUT2D eigenvalue weighted by Crippen LogP contribution is 2.28. The lowest BCUT2D eigenvalue weighted by Gasteiger charge is -2.14. The van der Waals surface area contributed by atoms with Crippen molar-refractivity contribution in [1.29, 1.82) is 0 Å². The van der Waals surface area contributed by atoms with E-state index in [0.29, 0.717) is 23.0 Å². The van der Waals surface area contributed by atoms with Gasteiger partial charge in [0.05, 0.1) is 0 Å². The zero-order valence-electron chi connectivity index (χ0n) is 11.3. The first kappa shape index (κ1) is 16.5. The minimum Gasteiger partial charge on any atom is -0.389 e. The Morgan fingerprint density at radius 2 is 2.21 bits per heavy atom. The fourth-order valence-corrected chi connectivity index (χ4v) is 3.41. The van der Waals surface area contributed by atoms with Gasteiger partial charge in [-0.25, -0.2) is 0 Å². The summed E-state index contributed by atoms with van der Waals surface area (Å²) in [5, 5.41) is 3.28. The van der Waals surface area contributed by atoms with Gasteiger partial charge in [0.15, 0.2) is 0 Å². The van der Waals surface area contributed by atoms with Crippen LogP contribution in [0.1, 0.15) is 19.4 Å². The van der Waals surface area contributed by atoms with Gasteiger partial charge in [-0.05, 0) is 17.9 Å². The molecule has 0 saturated carbocycles. The first-order valence-corrected chi connectivity index (χ1v) is 9.12. The number of benzene rings is 1. The molecule has 6 heteroatoms. The third-order valence-corrected chi connectivity index (χ3v) is 4.99. The second-order valence-corrected chi connectivity index (χ2v) is 7.45. The van der Waals surface area contributed by atoms with E-state index < -0.39 is 10.8 Å². The van der Waals surface area contributed by atoms with Crippen LogP contribution in [-0.4, -0.2) is 33.0 Å². The SMILES string of the molecule is CCSc1cccc(NCCS(=O)CC)c1C(N)=S. The number of nitrogens with two attached hydrogens (primary N) is 1. The number of thiocarbonyl (C=S) groups is 1. The maximum atomic E-state index is 11.4. The third kappa shape index (κ3) is 5.12. The van der Waals surface area contributed by atoms with E-state index in [4.69, 9.17) is 18.0 Å². The molecule has 106 valence electrons. The van der Waals surface area contributed by atoms with Crippen molar-refractivity contribution in [1.82, 2.24) is 0 Å². The van der Waals surface area contributed by atoms with Crippen LogP contribution in [-0.2, 0) is 10.8 Å². The van der Waals surface area contributed by atoms with Crippen LogP contribution in [0.4, 0.5) is 5.69 Å². The van der Waals surface area contributed by atoms with Crippen molar-refractivity contribution in [2.24, 2.45) is 5.73 Å². The molecule has 1 unspecified atom stereocenters. The van der Waals surface area contributed by atoms with Crippen molar-refractivity contribution in [3.05, 3.63) is 23.8 Å². The lowest BCUT2D eigenvalue weighted by Crippen LogP contribution is -2.17. The minimum atomic E-state index is -0.759. The van der Waals surface area contributed by atoms with Crippen LogP contribution in [0.2, 0.25) is 0 Å². The van der Waals surface area contributed by atoms with Crippen molar-refractivity contribution in [3.63, 3.8) is 0 Å². The summed E-state index contributed by atoms with van der Waals surface area (Å²) in [6.07, 6.45) is 0. The van der Waals surface area contributed by atoms with Gasteiger partial charge in [-0.15, -0.1) is 11.8 Å². The summed E-state index contributed by atoms with van der Waals surface area (Å²) in [7, 11) is -0.759. The molecule has 1 rings (SSSR count). The van der Waals surface area contributed by atoms with Crippen LogP contribution in [0.25, 0.3) is 0 Å². The zero-order valence-corrected chi connectivity index (χ0v) is 13.7. The molecule has 19 heavy (non-hydrogen) atoms. The Labute approximate surface area is 127 Å². The molecule has 0 radical (unpaired) electrons. The first-order chi connectivity index (χ1) is 9.10. The second-order valence-electron chi connectivity index (χ2n) is 3.84. The largest absolute Gasteiger partial charge is 0.389 e. The van der Waals surface area contributed by atoms with E-state index in [1.54, 1.807) is 11.8 Å². The molecule has 0 saturated heterocycles. The molecule has 1 aromatic rings.